The molecule has 0 unspecified atom stereocenters. The highest BCUT2D eigenvalue weighted by Gasteiger charge is 2.31. The van der Waals surface area contributed by atoms with Crippen molar-refractivity contribution in [3.63, 3.8) is 0 Å². The van der Waals surface area contributed by atoms with Crippen LogP contribution in [-0.4, -0.2) is 52.8 Å². The number of anilines is 3. The van der Waals surface area contributed by atoms with E-state index >= 15 is 0 Å². The molecule has 1 aliphatic heterocycles. The van der Waals surface area contributed by atoms with Crippen LogP contribution in [0.15, 0.2) is 35.3 Å². The van der Waals surface area contributed by atoms with E-state index in [1.54, 1.807) is 13.0 Å². The average molecular weight is 461 g/mol. The van der Waals surface area contributed by atoms with E-state index in [9.17, 15) is 18.0 Å². The number of fused-ring (bicyclic) bond motifs is 1. The number of piperazine rings is 1. The summed E-state index contributed by atoms with van der Waals surface area (Å²) in [6.45, 7) is 6.37. The first-order valence-corrected chi connectivity index (χ1v) is 10.6. The van der Waals surface area contributed by atoms with Crippen LogP contribution in [0, 0.1) is 0 Å². The molecule has 1 aliphatic rings. The highest BCUT2D eigenvalue weighted by molar-refractivity contribution is 5.92. The van der Waals surface area contributed by atoms with Crippen molar-refractivity contribution in [1.29, 1.82) is 0 Å². The fourth-order valence-corrected chi connectivity index (χ4v) is 4.17. The van der Waals surface area contributed by atoms with Crippen LogP contribution < -0.4 is 21.5 Å². The summed E-state index contributed by atoms with van der Waals surface area (Å²) in [5, 5.41) is 10.6. The zero-order valence-electron chi connectivity index (χ0n) is 18.6. The number of halogens is 3. The van der Waals surface area contributed by atoms with E-state index in [4.69, 9.17) is 5.73 Å². The number of benzene rings is 1. The predicted molar refractivity (Wildman–Crippen MR) is 122 cm³/mol. The Bertz CT molecular complexity index is 1230. The SMILES string of the molecule is C[C@@H]1CN(C)CCN1c1cc2c(N[C@H](C)c3cc(N)cc(C(F)(F)F)c3)n[nH]c(=O)c2cn1. The maximum Gasteiger partial charge on any atom is 0.416 e. The van der Waals surface area contributed by atoms with Crippen LogP contribution in [-0.2, 0) is 6.18 Å². The van der Waals surface area contributed by atoms with Gasteiger partial charge in [0.15, 0.2) is 5.82 Å². The first-order chi connectivity index (χ1) is 15.5. The number of aromatic amines is 1. The Morgan fingerprint density at radius 2 is 1.97 bits per heavy atom. The van der Waals surface area contributed by atoms with E-state index in [1.807, 2.05) is 0 Å². The molecule has 2 atom stereocenters. The molecule has 1 aromatic carbocycles. The Morgan fingerprint density at radius 1 is 1.21 bits per heavy atom. The number of alkyl halides is 3. The van der Waals surface area contributed by atoms with Gasteiger partial charge in [0.1, 0.15) is 5.82 Å². The number of likely N-dealkylation sites (N-methyl/N-ethyl adjacent to an activating group) is 1. The fraction of sp³-hybridized carbons (Fsp3) is 0.409. The second-order valence-electron chi connectivity index (χ2n) is 8.55. The van der Waals surface area contributed by atoms with Crippen LogP contribution in [0.5, 0.6) is 0 Å². The van der Waals surface area contributed by atoms with Gasteiger partial charge >= 0.3 is 6.18 Å². The molecule has 0 radical (unpaired) electrons. The second-order valence-corrected chi connectivity index (χ2v) is 8.55. The Balaban J connectivity index is 1.70. The summed E-state index contributed by atoms with van der Waals surface area (Å²) in [5.74, 6) is 1.06. The monoisotopic (exact) mass is 461 g/mol. The normalized spacial score (nSPS) is 18.5. The molecule has 0 saturated carbocycles. The minimum Gasteiger partial charge on any atom is -0.399 e. The summed E-state index contributed by atoms with van der Waals surface area (Å²) < 4.78 is 39.7. The zero-order chi connectivity index (χ0) is 23.9. The number of aromatic nitrogens is 3. The predicted octanol–water partition coefficient (Wildman–Crippen LogP) is 3.23. The number of nitrogens with zero attached hydrogens (tertiary/aromatic N) is 4. The van der Waals surface area contributed by atoms with Crippen LogP contribution in [0.1, 0.15) is 31.0 Å². The molecule has 8 nitrogen and oxygen atoms in total. The van der Waals surface area contributed by atoms with Gasteiger partial charge in [0.25, 0.3) is 5.56 Å². The Labute approximate surface area is 188 Å². The first kappa shape index (κ1) is 22.8. The molecule has 4 rings (SSSR count). The third-order valence-corrected chi connectivity index (χ3v) is 5.94. The van der Waals surface area contributed by atoms with Gasteiger partial charge in [-0.05, 0) is 50.7 Å². The topological polar surface area (TPSA) is 103 Å². The Kier molecular flexibility index (Phi) is 5.91. The van der Waals surface area contributed by atoms with Crippen molar-refractivity contribution in [2.45, 2.75) is 32.1 Å². The van der Waals surface area contributed by atoms with E-state index in [0.29, 0.717) is 22.2 Å². The van der Waals surface area contributed by atoms with E-state index in [0.717, 1.165) is 37.6 Å². The van der Waals surface area contributed by atoms with Crippen molar-refractivity contribution in [2.75, 3.05) is 42.6 Å². The number of hydrogen-bond donors (Lipinski definition) is 3. The van der Waals surface area contributed by atoms with E-state index in [-0.39, 0.29) is 11.7 Å². The lowest BCUT2D eigenvalue weighted by atomic mass is 10.0. The van der Waals surface area contributed by atoms with Gasteiger partial charge < -0.3 is 20.9 Å². The summed E-state index contributed by atoms with van der Waals surface area (Å²) in [6, 6.07) is 4.91. The molecule has 3 aromatic rings. The van der Waals surface area contributed by atoms with Crippen molar-refractivity contribution in [1.82, 2.24) is 20.1 Å². The van der Waals surface area contributed by atoms with Crippen LogP contribution >= 0.6 is 0 Å². The van der Waals surface area contributed by atoms with Crippen molar-refractivity contribution in [3.8, 4) is 0 Å². The summed E-state index contributed by atoms with van der Waals surface area (Å²) in [7, 11) is 2.06. The fourth-order valence-electron chi connectivity index (χ4n) is 4.17. The molecule has 1 saturated heterocycles. The standard InChI is InChI=1S/C22H26F3N7O/c1-12-11-31(3)4-5-32(12)19-9-17-18(10-27-19)21(33)30-29-20(17)28-13(2)14-6-15(22(23,24)25)8-16(26)7-14/h6-10,12-13H,4-5,11,26H2,1-3H3,(H,28,29)(H,30,33)/t12-,13-/m1/s1. The molecule has 2 aromatic heterocycles. The summed E-state index contributed by atoms with van der Waals surface area (Å²) >= 11 is 0. The average Bonchev–Trinajstić information content (AvgIpc) is 2.74. The molecule has 1 fully saturated rings. The maximum atomic E-state index is 13.2. The van der Waals surface area contributed by atoms with Crippen molar-refractivity contribution < 1.29 is 13.2 Å². The molecule has 176 valence electrons. The molecule has 33 heavy (non-hydrogen) atoms. The Hall–Kier alpha value is -3.34. The van der Waals surface area contributed by atoms with Crippen molar-refractivity contribution in [3.05, 3.63) is 51.9 Å². The van der Waals surface area contributed by atoms with Crippen LogP contribution in [0.3, 0.4) is 0 Å². The van der Waals surface area contributed by atoms with Gasteiger partial charge in [-0.1, -0.05) is 0 Å². The molecule has 0 spiro atoms. The summed E-state index contributed by atoms with van der Waals surface area (Å²) in [6.07, 6.45) is -3.00. The van der Waals surface area contributed by atoms with Gasteiger partial charge in [0.05, 0.1) is 17.0 Å². The van der Waals surface area contributed by atoms with Gasteiger partial charge in [-0.15, -0.1) is 0 Å². The third kappa shape index (κ3) is 4.72. The second kappa shape index (κ2) is 8.54. The van der Waals surface area contributed by atoms with Gasteiger partial charge in [-0.3, -0.25) is 4.79 Å². The molecular formula is C22H26F3N7O. The van der Waals surface area contributed by atoms with E-state index in [2.05, 4.69) is 44.3 Å². The lowest BCUT2D eigenvalue weighted by molar-refractivity contribution is -0.137. The maximum absolute atomic E-state index is 13.2. The van der Waals surface area contributed by atoms with Crippen LogP contribution in [0.2, 0.25) is 0 Å². The molecule has 0 aliphatic carbocycles. The first-order valence-electron chi connectivity index (χ1n) is 10.6. The lowest BCUT2D eigenvalue weighted by Gasteiger charge is -2.39. The minimum absolute atomic E-state index is 0.0169. The third-order valence-electron chi connectivity index (χ3n) is 5.94. The molecule has 11 heteroatoms. The minimum atomic E-state index is -4.51. The molecule has 0 bridgehead atoms. The quantitative estimate of drug-likeness (QED) is 0.513. The van der Waals surface area contributed by atoms with Gasteiger partial charge in [-0.2, -0.15) is 18.3 Å². The van der Waals surface area contributed by atoms with Crippen molar-refractivity contribution >= 4 is 28.1 Å². The molecule has 0 amide bonds. The van der Waals surface area contributed by atoms with Gasteiger partial charge in [0.2, 0.25) is 0 Å². The molecular weight excluding hydrogens is 435 g/mol. The number of nitrogens with two attached hydrogens (primary N) is 1. The smallest absolute Gasteiger partial charge is 0.399 e. The highest BCUT2D eigenvalue weighted by atomic mass is 19.4. The summed E-state index contributed by atoms with van der Waals surface area (Å²) in [5.41, 5.74) is 4.87. The number of pyridine rings is 1. The van der Waals surface area contributed by atoms with Crippen LogP contribution in [0.25, 0.3) is 10.8 Å². The lowest BCUT2D eigenvalue weighted by Crippen LogP contribution is -2.50. The Morgan fingerprint density at radius 3 is 2.67 bits per heavy atom. The number of nitrogens with one attached hydrogen (secondary N) is 2. The van der Waals surface area contributed by atoms with Crippen LogP contribution in [0.4, 0.5) is 30.5 Å². The number of nitrogen functional groups attached to an aromatic ring is 1. The highest BCUT2D eigenvalue weighted by Crippen LogP contribution is 2.34. The largest absolute Gasteiger partial charge is 0.416 e. The summed E-state index contributed by atoms with van der Waals surface area (Å²) in [4.78, 5) is 21.2. The van der Waals surface area contributed by atoms with Crippen molar-refractivity contribution in [2.24, 2.45) is 0 Å². The number of H-pyrrole nitrogens is 1. The molecule has 4 N–H and O–H groups in total. The van der Waals surface area contributed by atoms with E-state index < -0.39 is 23.3 Å². The number of rotatable bonds is 4. The number of hydrogen-bond acceptors (Lipinski definition) is 7. The molecule has 3 heterocycles. The van der Waals surface area contributed by atoms with E-state index in [1.165, 1.54) is 12.3 Å². The van der Waals surface area contributed by atoms with Gasteiger partial charge in [0, 0.05) is 42.9 Å². The zero-order valence-corrected chi connectivity index (χ0v) is 18.6. The van der Waals surface area contributed by atoms with Gasteiger partial charge in [-0.25, -0.2) is 10.1 Å².